The van der Waals surface area contributed by atoms with Crippen molar-refractivity contribution in [3.05, 3.63) is 53.6 Å². The monoisotopic (exact) mass is 285 g/mol. The second-order valence-electron chi connectivity index (χ2n) is 4.35. The number of aliphatic imine (C=N–C) groups is 1. The molecule has 0 atom stereocenters. The predicted molar refractivity (Wildman–Crippen MR) is 82.4 cm³/mol. The molecule has 0 aliphatic carbocycles. The van der Waals surface area contributed by atoms with Crippen molar-refractivity contribution in [3.63, 3.8) is 0 Å². The van der Waals surface area contributed by atoms with Crippen molar-refractivity contribution in [1.29, 1.82) is 0 Å². The summed E-state index contributed by atoms with van der Waals surface area (Å²) in [7, 11) is 3.31. The molecule has 4 heteroatoms. The zero-order chi connectivity index (χ0) is 13.9. The summed E-state index contributed by atoms with van der Waals surface area (Å²) in [4.78, 5) is 5.83. The van der Waals surface area contributed by atoms with Gasteiger partial charge in [0.2, 0.25) is 0 Å². The lowest BCUT2D eigenvalue weighted by Gasteiger charge is -2.19. The number of nitrogens with zero attached hydrogens (tertiary/aromatic N) is 1. The maximum atomic E-state index is 5.40. The summed E-state index contributed by atoms with van der Waals surface area (Å²) in [6.07, 6.45) is 0. The fourth-order valence-electron chi connectivity index (χ4n) is 2.26. The van der Waals surface area contributed by atoms with E-state index in [0.29, 0.717) is 0 Å². The molecule has 0 fully saturated rings. The molecule has 2 aromatic carbocycles. The molecule has 3 rings (SSSR count). The van der Waals surface area contributed by atoms with Crippen LogP contribution in [0.15, 0.2) is 52.4 Å². The van der Waals surface area contributed by atoms with Gasteiger partial charge in [0, 0.05) is 16.0 Å². The number of benzene rings is 2. The minimum absolute atomic E-state index is 0.729. The molecule has 0 spiro atoms. The number of hydrogen-bond donors (Lipinski definition) is 0. The third kappa shape index (κ3) is 2.27. The summed E-state index contributed by atoms with van der Waals surface area (Å²) in [6.45, 7) is 0. The van der Waals surface area contributed by atoms with Gasteiger partial charge < -0.3 is 9.47 Å². The van der Waals surface area contributed by atoms with Gasteiger partial charge in [-0.2, -0.15) is 0 Å². The van der Waals surface area contributed by atoms with Crippen molar-refractivity contribution in [2.75, 3.05) is 20.1 Å². The minimum atomic E-state index is 0.729. The molecule has 0 bridgehead atoms. The molecule has 0 saturated carbocycles. The topological polar surface area (TPSA) is 30.8 Å². The van der Waals surface area contributed by atoms with Gasteiger partial charge in [0.05, 0.1) is 25.8 Å². The van der Waals surface area contributed by atoms with Crippen LogP contribution in [0.2, 0.25) is 0 Å². The Morgan fingerprint density at radius 1 is 1.00 bits per heavy atom. The van der Waals surface area contributed by atoms with E-state index in [-0.39, 0.29) is 0 Å². The van der Waals surface area contributed by atoms with E-state index in [4.69, 9.17) is 9.47 Å². The summed E-state index contributed by atoms with van der Waals surface area (Å²) < 4.78 is 10.8. The van der Waals surface area contributed by atoms with E-state index >= 15 is 0 Å². The Bertz CT molecular complexity index is 653. The standard InChI is InChI=1S/C16H15NO2S/c1-18-13-8-12-15(9-14(13)19-2)20-10-17-16(12)11-6-4-3-5-7-11/h3-9H,10H2,1-2H3. The molecule has 3 nitrogen and oxygen atoms in total. The molecule has 0 N–H and O–H groups in total. The molecule has 1 heterocycles. The van der Waals surface area contributed by atoms with E-state index in [2.05, 4.69) is 17.1 Å². The van der Waals surface area contributed by atoms with Gasteiger partial charge in [-0.1, -0.05) is 30.3 Å². The van der Waals surface area contributed by atoms with Crippen LogP contribution in [-0.2, 0) is 0 Å². The van der Waals surface area contributed by atoms with Crippen LogP contribution in [0, 0.1) is 0 Å². The van der Waals surface area contributed by atoms with Crippen LogP contribution in [0.1, 0.15) is 11.1 Å². The van der Waals surface area contributed by atoms with Gasteiger partial charge in [-0.3, -0.25) is 4.99 Å². The van der Waals surface area contributed by atoms with Gasteiger partial charge >= 0.3 is 0 Å². The molecule has 0 radical (unpaired) electrons. The first-order valence-electron chi connectivity index (χ1n) is 6.32. The van der Waals surface area contributed by atoms with Gasteiger partial charge in [0.15, 0.2) is 11.5 Å². The smallest absolute Gasteiger partial charge is 0.161 e. The molecule has 0 amide bonds. The summed E-state index contributed by atoms with van der Waals surface area (Å²) in [5.74, 6) is 2.22. The molecule has 0 unspecified atom stereocenters. The van der Waals surface area contributed by atoms with Crippen LogP contribution < -0.4 is 9.47 Å². The Kier molecular flexibility index (Phi) is 3.65. The van der Waals surface area contributed by atoms with E-state index in [1.807, 2.05) is 30.3 Å². The minimum Gasteiger partial charge on any atom is -0.493 e. The number of fused-ring (bicyclic) bond motifs is 1. The second kappa shape index (κ2) is 5.59. The summed E-state index contributed by atoms with van der Waals surface area (Å²) in [5.41, 5.74) is 3.24. The Morgan fingerprint density at radius 2 is 1.70 bits per heavy atom. The van der Waals surface area contributed by atoms with Gasteiger partial charge in [-0.15, -0.1) is 11.8 Å². The highest BCUT2D eigenvalue weighted by atomic mass is 32.2. The zero-order valence-corrected chi connectivity index (χ0v) is 12.2. The number of hydrogen-bond acceptors (Lipinski definition) is 4. The van der Waals surface area contributed by atoms with E-state index in [1.54, 1.807) is 26.0 Å². The van der Waals surface area contributed by atoms with Crippen molar-refractivity contribution in [3.8, 4) is 11.5 Å². The number of thioether (sulfide) groups is 1. The molecular formula is C16H15NO2S. The van der Waals surface area contributed by atoms with E-state index < -0.39 is 0 Å². The van der Waals surface area contributed by atoms with Gasteiger partial charge in [-0.05, 0) is 12.1 Å². The highest BCUT2D eigenvalue weighted by molar-refractivity contribution is 7.99. The van der Waals surface area contributed by atoms with E-state index in [0.717, 1.165) is 34.2 Å². The Hall–Kier alpha value is -1.94. The molecule has 1 aliphatic rings. The quantitative estimate of drug-likeness (QED) is 0.863. The third-order valence-corrected chi connectivity index (χ3v) is 4.14. The van der Waals surface area contributed by atoms with Crippen molar-refractivity contribution in [1.82, 2.24) is 0 Å². The molecule has 102 valence electrons. The highest BCUT2D eigenvalue weighted by Crippen LogP contribution is 2.38. The maximum Gasteiger partial charge on any atom is 0.161 e. The van der Waals surface area contributed by atoms with Gasteiger partial charge in [0.1, 0.15) is 0 Å². The average Bonchev–Trinajstić information content (AvgIpc) is 2.53. The van der Waals surface area contributed by atoms with E-state index in [1.165, 1.54) is 4.90 Å². The first-order valence-corrected chi connectivity index (χ1v) is 7.31. The SMILES string of the molecule is COc1cc2c(cc1OC)C(c1ccccc1)=NCS2. The summed E-state index contributed by atoms with van der Waals surface area (Å²) >= 11 is 1.71. The van der Waals surface area contributed by atoms with Gasteiger partial charge in [-0.25, -0.2) is 0 Å². The van der Waals surface area contributed by atoms with Crippen LogP contribution in [-0.4, -0.2) is 25.8 Å². The van der Waals surface area contributed by atoms with Crippen LogP contribution in [0.25, 0.3) is 0 Å². The molecule has 2 aromatic rings. The molecular weight excluding hydrogens is 270 g/mol. The first-order chi connectivity index (χ1) is 9.83. The van der Waals surface area contributed by atoms with Crippen LogP contribution in [0.4, 0.5) is 0 Å². The molecule has 0 aromatic heterocycles. The third-order valence-electron chi connectivity index (χ3n) is 3.23. The maximum absolute atomic E-state index is 5.40. The van der Waals surface area contributed by atoms with E-state index in [9.17, 15) is 0 Å². The van der Waals surface area contributed by atoms with Crippen molar-refractivity contribution in [2.24, 2.45) is 4.99 Å². The average molecular weight is 285 g/mol. The Labute approximate surface area is 122 Å². The van der Waals surface area contributed by atoms with Crippen LogP contribution in [0.3, 0.4) is 0 Å². The van der Waals surface area contributed by atoms with Crippen molar-refractivity contribution in [2.45, 2.75) is 4.90 Å². The van der Waals surface area contributed by atoms with Crippen LogP contribution in [0.5, 0.6) is 11.5 Å². The summed E-state index contributed by atoms with van der Waals surface area (Å²) in [6, 6.07) is 14.3. The lowest BCUT2D eigenvalue weighted by molar-refractivity contribution is 0.354. The summed E-state index contributed by atoms with van der Waals surface area (Å²) in [5, 5.41) is 0. The highest BCUT2D eigenvalue weighted by Gasteiger charge is 2.19. The fourth-order valence-corrected chi connectivity index (χ4v) is 3.09. The van der Waals surface area contributed by atoms with Crippen LogP contribution >= 0.6 is 11.8 Å². The molecule has 1 aliphatic heterocycles. The Balaban J connectivity index is 2.13. The number of ether oxygens (including phenoxy) is 2. The number of methoxy groups -OCH3 is 2. The lowest BCUT2D eigenvalue weighted by atomic mass is 10.0. The largest absolute Gasteiger partial charge is 0.493 e. The first kappa shape index (κ1) is 13.1. The van der Waals surface area contributed by atoms with Crippen molar-refractivity contribution >= 4 is 17.5 Å². The lowest BCUT2D eigenvalue weighted by Crippen LogP contribution is -2.10. The Morgan fingerprint density at radius 3 is 2.40 bits per heavy atom. The molecule has 0 saturated heterocycles. The van der Waals surface area contributed by atoms with Crippen molar-refractivity contribution < 1.29 is 9.47 Å². The fraction of sp³-hybridized carbons (Fsp3) is 0.188. The van der Waals surface area contributed by atoms with Gasteiger partial charge in [0.25, 0.3) is 0 Å². The normalized spacial score (nSPS) is 13.4. The number of rotatable bonds is 3. The second-order valence-corrected chi connectivity index (χ2v) is 5.34. The predicted octanol–water partition coefficient (Wildman–Crippen LogP) is 3.60. The zero-order valence-electron chi connectivity index (χ0n) is 11.4. The molecule has 20 heavy (non-hydrogen) atoms.